The van der Waals surface area contributed by atoms with E-state index in [0.29, 0.717) is 23.9 Å². The van der Waals surface area contributed by atoms with Crippen LogP contribution >= 0.6 is 11.6 Å². The number of fused-ring (bicyclic) bond motifs is 1. The minimum absolute atomic E-state index is 0.0348. The largest absolute Gasteiger partial charge is 0.338 e. The lowest BCUT2D eigenvalue weighted by atomic mass is 9.75. The Balaban J connectivity index is 1.68. The van der Waals surface area contributed by atoms with Crippen molar-refractivity contribution in [3.05, 3.63) is 66.2 Å². The molecule has 27 heavy (non-hydrogen) atoms. The molecule has 0 spiro atoms. The summed E-state index contributed by atoms with van der Waals surface area (Å²) in [5, 5.41) is 4.72. The fraction of sp³-hybridized carbons (Fsp3) is 0.200. The van der Waals surface area contributed by atoms with Gasteiger partial charge < -0.3 is 10.2 Å². The minimum Gasteiger partial charge on any atom is -0.338 e. The molecule has 6 nitrogen and oxygen atoms in total. The Kier molecular flexibility index (Phi) is 4.28. The van der Waals surface area contributed by atoms with Crippen LogP contribution in [0, 0.1) is 0 Å². The van der Waals surface area contributed by atoms with Gasteiger partial charge in [0.15, 0.2) is 0 Å². The summed E-state index contributed by atoms with van der Waals surface area (Å²) in [7, 11) is 0. The van der Waals surface area contributed by atoms with Crippen molar-refractivity contribution in [3.63, 3.8) is 0 Å². The van der Waals surface area contributed by atoms with Crippen molar-refractivity contribution in [1.29, 1.82) is 0 Å². The van der Waals surface area contributed by atoms with E-state index in [-0.39, 0.29) is 11.3 Å². The number of halogens is 1. The maximum atomic E-state index is 11.8. The number of hydrogen-bond donors (Lipinski definition) is 1. The van der Waals surface area contributed by atoms with Crippen LogP contribution in [0.3, 0.4) is 0 Å². The summed E-state index contributed by atoms with van der Waals surface area (Å²) in [4.78, 5) is 26.4. The molecule has 4 rings (SSSR count). The average Bonchev–Trinajstić information content (AvgIpc) is 2.65. The molecule has 0 saturated carbocycles. The zero-order chi connectivity index (χ0) is 19.0. The first-order valence-electron chi connectivity index (χ1n) is 8.53. The van der Waals surface area contributed by atoms with Crippen molar-refractivity contribution in [2.75, 3.05) is 18.4 Å². The fourth-order valence-corrected chi connectivity index (χ4v) is 3.59. The van der Waals surface area contributed by atoms with Crippen LogP contribution in [-0.2, 0) is 10.2 Å². The summed E-state index contributed by atoms with van der Waals surface area (Å²) < 4.78 is 0. The summed E-state index contributed by atoms with van der Waals surface area (Å²) in [6, 6.07) is 7.93. The zero-order valence-corrected chi connectivity index (χ0v) is 15.6. The number of anilines is 2. The number of likely N-dealkylation sites (tertiary alicyclic amines) is 1. The third-order valence-corrected chi connectivity index (χ3v) is 5.07. The molecule has 1 aliphatic rings. The maximum Gasteiger partial charge on any atom is 0.246 e. The van der Waals surface area contributed by atoms with E-state index < -0.39 is 0 Å². The van der Waals surface area contributed by atoms with E-state index in [2.05, 4.69) is 45.9 Å². The first-order chi connectivity index (χ1) is 13.0. The molecule has 0 bridgehead atoms. The standard InChI is InChI=1S/C20H18ClN5O/c1-3-18(27)26-10-20(2,11-26)13-4-5-17-16(6-13)19(24-12-23-17)25-15-7-14(21)8-22-9-15/h3-9,12H,1,10-11H2,2H3,(H,23,24,25). The second kappa shape index (κ2) is 6.63. The van der Waals surface area contributed by atoms with Crippen LogP contribution in [0.4, 0.5) is 11.5 Å². The highest BCUT2D eigenvalue weighted by Crippen LogP contribution is 2.36. The highest BCUT2D eigenvalue weighted by atomic mass is 35.5. The number of rotatable bonds is 4. The van der Waals surface area contributed by atoms with Gasteiger partial charge in [0.25, 0.3) is 0 Å². The number of benzene rings is 1. The molecular weight excluding hydrogens is 362 g/mol. The molecule has 1 amide bonds. The predicted octanol–water partition coefficient (Wildman–Crippen LogP) is 3.71. The van der Waals surface area contributed by atoms with Crippen molar-refractivity contribution < 1.29 is 4.79 Å². The Hall–Kier alpha value is -2.99. The molecule has 0 aliphatic carbocycles. The van der Waals surface area contributed by atoms with Crippen molar-refractivity contribution in [2.24, 2.45) is 0 Å². The molecule has 1 fully saturated rings. The number of carbonyl (C=O) groups is 1. The summed E-state index contributed by atoms with van der Waals surface area (Å²) in [5.41, 5.74) is 2.64. The van der Waals surface area contributed by atoms with E-state index >= 15 is 0 Å². The number of hydrogen-bond acceptors (Lipinski definition) is 5. The highest BCUT2D eigenvalue weighted by molar-refractivity contribution is 6.30. The van der Waals surface area contributed by atoms with Crippen molar-refractivity contribution in [1.82, 2.24) is 19.9 Å². The second-order valence-corrected chi connectivity index (χ2v) is 7.37. The molecule has 3 aromatic rings. The van der Waals surface area contributed by atoms with Crippen molar-refractivity contribution >= 4 is 39.9 Å². The third kappa shape index (κ3) is 3.24. The summed E-state index contributed by atoms with van der Waals surface area (Å²) in [6.45, 7) is 7.03. The zero-order valence-electron chi connectivity index (χ0n) is 14.8. The minimum atomic E-state index is -0.0996. The van der Waals surface area contributed by atoms with Gasteiger partial charge in [-0.15, -0.1) is 0 Å². The molecule has 0 radical (unpaired) electrons. The van der Waals surface area contributed by atoms with Crippen LogP contribution in [0.5, 0.6) is 0 Å². The fourth-order valence-electron chi connectivity index (χ4n) is 3.41. The van der Waals surface area contributed by atoms with Gasteiger partial charge in [-0.25, -0.2) is 9.97 Å². The van der Waals surface area contributed by atoms with E-state index in [1.807, 2.05) is 6.07 Å². The highest BCUT2D eigenvalue weighted by Gasteiger charge is 2.41. The normalized spacial score (nSPS) is 15.3. The Labute approximate surface area is 161 Å². The first kappa shape index (κ1) is 17.4. The number of aromatic nitrogens is 3. The molecule has 0 atom stereocenters. The smallest absolute Gasteiger partial charge is 0.246 e. The van der Waals surface area contributed by atoms with Crippen LogP contribution in [0.25, 0.3) is 10.9 Å². The van der Waals surface area contributed by atoms with Crippen LogP contribution in [0.1, 0.15) is 12.5 Å². The van der Waals surface area contributed by atoms with Crippen LogP contribution in [0.2, 0.25) is 5.02 Å². The summed E-state index contributed by atoms with van der Waals surface area (Å²) >= 11 is 6.02. The Morgan fingerprint density at radius 3 is 2.85 bits per heavy atom. The summed E-state index contributed by atoms with van der Waals surface area (Å²) in [5.74, 6) is 0.653. The third-order valence-electron chi connectivity index (χ3n) is 4.87. The number of amides is 1. The predicted molar refractivity (Wildman–Crippen MR) is 106 cm³/mol. The number of pyridine rings is 1. The molecule has 1 N–H and O–H groups in total. The monoisotopic (exact) mass is 379 g/mol. The second-order valence-electron chi connectivity index (χ2n) is 6.93. The van der Waals surface area contributed by atoms with Gasteiger partial charge in [-0.1, -0.05) is 31.2 Å². The molecule has 3 heterocycles. The van der Waals surface area contributed by atoms with Crippen molar-refractivity contribution in [2.45, 2.75) is 12.3 Å². The molecule has 7 heteroatoms. The van der Waals surface area contributed by atoms with Gasteiger partial charge in [0.05, 0.1) is 22.4 Å². The van der Waals surface area contributed by atoms with E-state index in [4.69, 9.17) is 11.6 Å². The van der Waals surface area contributed by atoms with Crippen molar-refractivity contribution in [3.8, 4) is 0 Å². The molecule has 1 aromatic carbocycles. The molecule has 136 valence electrons. The van der Waals surface area contributed by atoms with E-state index in [0.717, 1.165) is 22.2 Å². The molecule has 1 saturated heterocycles. The van der Waals surface area contributed by atoms with Gasteiger partial charge >= 0.3 is 0 Å². The Bertz CT molecular complexity index is 1050. The Morgan fingerprint density at radius 2 is 2.11 bits per heavy atom. The van der Waals surface area contributed by atoms with Gasteiger partial charge in [-0.05, 0) is 29.8 Å². The van der Waals surface area contributed by atoms with Gasteiger partial charge in [0.2, 0.25) is 5.91 Å². The first-order valence-corrected chi connectivity index (χ1v) is 8.90. The topological polar surface area (TPSA) is 71.0 Å². The van der Waals surface area contributed by atoms with Gasteiger partial charge in [-0.3, -0.25) is 9.78 Å². The quantitative estimate of drug-likeness (QED) is 0.700. The van der Waals surface area contributed by atoms with Crippen LogP contribution in [0.15, 0.2) is 55.6 Å². The molecule has 1 aliphatic heterocycles. The van der Waals surface area contributed by atoms with Crippen LogP contribution in [-0.4, -0.2) is 38.8 Å². The van der Waals surface area contributed by atoms with Gasteiger partial charge in [0.1, 0.15) is 12.1 Å². The summed E-state index contributed by atoms with van der Waals surface area (Å²) in [6.07, 6.45) is 6.15. The molecule has 2 aromatic heterocycles. The lowest BCUT2D eigenvalue weighted by Crippen LogP contribution is -2.59. The van der Waals surface area contributed by atoms with Crippen LogP contribution < -0.4 is 5.32 Å². The Morgan fingerprint density at radius 1 is 1.30 bits per heavy atom. The lowest BCUT2D eigenvalue weighted by Gasteiger charge is -2.48. The van der Waals surface area contributed by atoms with E-state index in [1.54, 1.807) is 23.4 Å². The van der Waals surface area contributed by atoms with Gasteiger partial charge in [0, 0.05) is 30.1 Å². The molecule has 0 unspecified atom stereocenters. The number of nitrogens with one attached hydrogen (secondary N) is 1. The lowest BCUT2D eigenvalue weighted by molar-refractivity contribution is -0.133. The van der Waals surface area contributed by atoms with E-state index in [9.17, 15) is 4.79 Å². The SMILES string of the molecule is C=CC(=O)N1CC(C)(c2ccc3ncnc(Nc4cncc(Cl)c4)c3c2)C1. The maximum absolute atomic E-state index is 11.8. The number of nitrogens with zero attached hydrogens (tertiary/aromatic N) is 4. The van der Waals surface area contributed by atoms with E-state index in [1.165, 1.54) is 12.4 Å². The molecular formula is C20H18ClN5O. The number of carbonyl (C=O) groups excluding carboxylic acids is 1. The van der Waals surface area contributed by atoms with Gasteiger partial charge in [-0.2, -0.15) is 0 Å². The average molecular weight is 380 g/mol.